The lowest BCUT2D eigenvalue weighted by Gasteiger charge is -2.08. The lowest BCUT2D eigenvalue weighted by Crippen LogP contribution is -2.23. The van der Waals surface area contributed by atoms with Gasteiger partial charge in [-0.25, -0.2) is 9.07 Å². The quantitative estimate of drug-likeness (QED) is 0.401. The number of hydrogen-bond acceptors (Lipinski definition) is 4. The van der Waals surface area contributed by atoms with Crippen LogP contribution in [0, 0.1) is 5.82 Å². The van der Waals surface area contributed by atoms with E-state index in [1.54, 1.807) is 35.7 Å². The molecule has 2 aromatic carbocycles. The van der Waals surface area contributed by atoms with Crippen molar-refractivity contribution in [1.82, 2.24) is 9.78 Å². The number of nitrogens with zero attached hydrogens (tertiary/aromatic N) is 2. The van der Waals surface area contributed by atoms with E-state index >= 15 is 0 Å². The van der Waals surface area contributed by atoms with E-state index in [1.807, 2.05) is 30.3 Å². The van der Waals surface area contributed by atoms with Gasteiger partial charge < -0.3 is 5.32 Å². The number of Topliss-reactive ketones (excluding diaryl/α,β-unsaturated/α-hetero) is 1. The van der Waals surface area contributed by atoms with Crippen LogP contribution in [0.3, 0.4) is 0 Å². The van der Waals surface area contributed by atoms with Crippen molar-refractivity contribution in [2.75, 3.05) is 5.32 Å². The third-order valence-corrected chi connectivity index (χ3v) is 4.89. The predicted molar refractivity (Wildman–Crippen MR) is 106 cm³/mol. The summed E-state index contributed by atoms with van der Waals surface area (Å²) in [7, 11) is 0. The molecule has 0 bridgehead atoms. The smallest absolute Gasteiger partial charge is 0.298 e. The van der Waals surface area contributed by atoms with Gasteiger partial charge in [0.1, 0.15) is 11.6 Å². The zero-order valence-electron chi connectivity index (χ0n) is 14.5. The topological polar surface area (TPSA) is 64.0 Å². The fourth-order valence-corrected chi connectivity index (χ4v) is 3.38. The zero-order chi connectivity index (χ0) is 19.5. The SMILES string of the molecule is O=C(Nc1cc(-c2ccccc2)nn1-c1cccc(F)c1)C(=O)c1cccs1. The molecule has 28 heavy (non-hydrogen) atoms. The Morgan fingerprint density at radius 1 is 0.964 bits per heavy atom. The number of carbonyl (C=O) groups is 2. The molecular formula is C21H14FN3O2S. The Balaban J connectivity index is 1.73. The van der Waals surface area contributed by atoms with Crippen molar-refractivity contribution in [1.29, 1.82) is 0 Å². The molecule has 5 nitrogen and oxygen atoms in total. The number of rotatable bonds is 5. The van der Waals surface area contributed by atoms with E-state index in [1.165, 1.54) is 28.2 Å². The number of thiophene rings is 1. The van der Waals surface area contributed by atoms with Crippen molar-refractivity contribution in [3.8, 4) is 16.9 Å². The first-order valence-corrected chi connectivity index (χ1v) is 9.30. The summed E-state index contributed by atoms with van der Waals surface area (Å²) in [5, 5.41) is 8.82. The molecule has 1 N–H and O–H groups in total. The highest BCUT2D eigenvalue weighted by atomic mass is 32.1. The first-order chi connectivity index (χ1) is 13.6. The third kappa shape index (κ3) is 3.60. The maximum absolute atomic E-state index is 13.7. The minimum atomic E-state index is -0.778. The Morgan fingerprint density at radius 3 is 2.50 bits per heavy atom. The first kappa shape index (κ1) is 17.8. The monoisotopic (exact) mass is 391 g/mol. The highest BCUT2D eigenvalue weighted by Crippen LogP contribution is 2.25. The molecule has 1 amide bonds. The Labute approximate surface area is 164 Å². The number of hydrogen-bond donors (Lipinski definition) is 1. The number of halogens is 1. The normalized spacial score (nSPS) is 10.6. The molecule has 138 valence electrons. The molecule has 7 heteroatoms. The van der Waals surface area contributed by atoms with Gasteiger partial charge >= 0.3 is 0 Å². The third-order valence-electron chi connectivity index (χ3n) is 4.02. The van der Waals surface area contributed by atoms with Gasteiger partial charge in [-0.05, 0) is 29.6 Å². The van der Waals surface area contributed by atoms with E-state index in [4.69, 9.17) is 0 Å². The van der Waals surface area contributed by atoms with Crippen molar-refractivity contribution < 1.29 is 14.0 Å². The van der Waals surface area contributed by atoms with Crippen LogP contribution in [0.25, 0.3) is 16.9 Å². The van der Waals surface area contributed by atoms with Gasteiger partial charge in [0, 0.05) is 11.6 Å². The van der Waals surface area contributed by atoms with Crippen LogP contribution in [0.1, 0.15) is 9.67 Å². The molecule has 0 spiro atoms. The Morgan fingerprint density at radius 2 is 1.79 bits per heavy atom. The summed E-state index contributed by atoms with van der Waals surface area (Å²) < 4.78 is 15.1. The fraction of sp³-hybridized carbons (Fsp3) is 0. The van der Waals surface area contributed by atoms with Crippen molar-refractivity contribution in [3.63, 3.8) is 0 Å². The number of carbonyl (C=O) groups excluding carboxylic acids is 2. The number of anilines is 1. The van der Waals surface area contributed by atoms with Crippen molar-refractivity contribution >= 4 is 28.8 Å². The number of amides is 1. The van der Waals surface area contributed by atoms with Crippen LogP contribution < -0.4 is 5.32 Å². The van der Waals surface area contributed by atoms with E-state index < -0.39 is 17.5 Å². The largest absolute Gasteiger partial charge is 0.304 e. The van der Waals surface area contributed by atoms with E-state index in [0.717, 1.165) is 5.56 Å². The highest BCUT2D eigenvalue weighted by molar-refractivity contribution is 7.13. The summed E-state index contributed by atoms with van der Waals surface area (Å²) in [4.78, 5) is 25.1. The summed E-state index contributed by atoms with van der Waals surface area (Å²) in [6, 6.07) is 20.2. The summed E-state index contributed by atoms with van der Waals surface area (Å²) >= 11 is 1.19. The van der Waals surface area contributed by atoms with Gasteiger partial charge in [-0.15, -0.1) is 11.3 Å². The van der Waals surface area contributed by atoms with Crippen LogP contribution in [-0.4, -0.2) is 21.5 Å². The predicted octanol–water partition coefficient (Wildman–Crippen LogP) is 4.56. The van der Waals surface area contributed by atoms with E-state index in [0.29, 0.717) is 16.3 Å². The summed E-state index contributed by atoms with van der Waals surface area (Å²) in [5.74, 6) is -1.57. The molecule has 0 saturated heterocycles. The molecular weight excluding hydrogens is 377 g/mol. The van der Waals surface area contributed by atoms with Gasteiger partial charge in [-0.3, -0.25) is 9.59 Å². The number of benzene rings is 2. The molecule has 0 radical (unpaired) electrons. The Kier molecular flexibility index (Phi) is 4.82. The van der Waals surface area contributed by atoms with Gasteiger partial charge in [0.15, 0.2) is 0 Å². The maximum Gasteiger partial charge on any atom is 0.298 e. The van der Waals surface area contributed by atoms with E-state index in [9.17, 15) is 14.0 Å². The van der Waals surface area contributed by atoms with Gasteiger partial charge in [-0.1, -0.05) is 42.5 Å². The molecule has 2 aromatic heterocycles. The second-order valence-corrected chi connectivity index (χ2v) is 6.88. The number of aromatic nitrogens is 2. The van der Waals surface area contributed by atoms with Gasteiger partial charge in [0.2, 0.25) is 0 Å². The number of nitrogens with one attached hydrogen (secondary N) is 1. The van der Waals surface area contributed by atoms with E-state index in [2.05, 4.69) is 10.4 Å². The van der Waals surface area contributed by atoms with Crippen LogP contribution >= 0.6 is 11.3 Å². The Hall–Kier alpha value is -3.58. The van der Waals surface area contributed by atoms with Crippen molar-refractivity contribution in [3.05, 3.63) is 88.9 Å². The molecule has 0 fully saturated rings. The first-order valence-electron chi connectivity index (χ1n) is 8.42. The fourth-order valence-electron chi connectivity index (χ4n) is 2.72. The van der Waals surface area contributed by atoms with Crippen molar-refractivity contribution in [2.24, 2.45) is 0 Å². The van der Waals surface area contributed by atoms with Gasteiger partial charge in [0.25, 0.3) is 11.7 Å². The van der Waals surface area contributed by atoms with Crippen molar-refractivity contribution in [2.45, 2.75) is 0 Å². The average Bonchev–Trinajstić information content (AvgIpc) is 3.38. The summed E-state index contributed by atoms with van der Waals surface area (Å²) in [6.07, 6.45) is 0. The molecule has 0 aliphatic rings. The summed E-state index contributed by atoms with van der Waals surface area (Å²) in [6.45, 7) is 0. The second-order valence-electron chi connectivity index (χ2n) is 5.93. The lowest BCUT2D eigenvalue weighted by molar-refractivity contribution is -0.112. The van der Waals surface area contributed by atoms with Gasteiger partial charge in [-0.2, -0.15) is 5.10 Å². The van der Waals surface area contributed by atoms with Crippen LogP contribution in [0.15, 0.2) is 78.2 Å². The van der Waals surface area contributed by atoms with E-state index in [-0.39, 0.29) is 5.82 Å². The average molecular weight is 391 g/mol. The second kappa shape index (κ2) is 7.58. The maximum atomic E-state index is 13.7. The highest BCUT2D eigenvalue weighted by Gasteiger charge is 2.20. The van der Waals surface area contributed by atoms with Crippen LogP contribution in [-0.2, 0) is 4.79 Å². The molecule has 4 aromatic rings. The molecule has 0 aliphatic carbocycles. The molecule has 2 heterocycles. The van der Waals surface area contributed by atoms with Crippen LogP contribution in [0.5, 0.6) is 0 Å². The standard InChI is InChI=1S/C21H14FN3O2S/c22-15-8-4-9-16(12-15)25-19(13-17(24-25)14-6-2-1-3-7-14)23-21(27)20(26)18-10-5-11-28-18/h1-13H,(H,23,27). The number of ketones is 1. The van der Waals surface area contributed by atoms with Crippen LogP contribution in [0.4, 0.5) is 10.2 Å². The molecule has 0 aliphatic heterocycles. The summed E-state index contributed by atoms with van der Waals surface area (Å²) in [5.41, 5.74) is 1.85. The minimum Gasteiger partial charge on any atom is -0.304 e. The zero-order valence-corrected chi connectivity index (χ0v) is 15.3. The molecule has 4 rings (SSSR count). The Bertz CT molecular complexity index is 1140. The molecule has 0 saturated carbocycles. The van der Waals surface area contributed by atoms with Gasteiger partial charge in [0.05, 0.1) is 16.3 Å². The molecule has 0 atom stereocenters. The lowest BCUT2D eigenvalue weighted by atomic mass is 10.1. The van der Waals surface area contributed by atoms with Crippen LogP contribution in [0.2, 0.25) is 0 Å². The molecule has 0 unspecified atom stereocenters. The minimum absolute atomic E-state index is 0.277.